The van der Waals surface area contributed by atoms with Crippen molar-refractivity contribution in [2.75, 3.05) is 7.11 Å². The molecule has 0 saturated heterocycles. The number of aliphatic hydroxyl groups excluding tert-OH is 1. The summed E-state index contributed by atoms with van der Waals surface area (Å²) in [6.45, 7) is 0. The van der Waals surface area contributed by atoms with E-state index in [1.807, 2.05) is 0 Å². The molecule has 0 aromatic heterocycles. The van der Waals surface area contributed by atoms with Crippen LogP contribution in [-0.4, -0.2) is 54.8 Å². The molecule has 3 atom stereocenters. The molecule has 1 aliphatic rings. The summed E-state index contributed by atoms with van der Waals surface area (Å²) in [6, 6.07) is -1.64. The van der Waals surface area contributed by atoms with Gasteiger partial charge in [0, 0.05) is 18.9 Å². The van der Waals surface area contributed by atoms with Crippen molar-refractivity contribution >= 4 is 81.4 Å². The van der Waals surface area contributed by atoms with Gasteiger partial charge in [-0.05, 0) is 25.7 Å². The summed E-state index contributed by atoms with van der Waals surface area (Å²) in [5.74, 6) is 1.72. The number of rotatable bonds is 10. The highest BCUT2D eigenvalue weighted by molar-refractivity contribution is 6.67. The molecule has 0 bridgehead atoms. The zero-order valence-electron chi connectivity index (χ0n) is 16.0. The monoisotopic (exact) mass is 540 g/mol. The van der Waals surface area contributed by atoms with Crippen LogP contribution < -0.4 is 5.32 Å². The third-order valence-corrected chi connectivity index (χ3v) is 5.48. The van der Waals surface area contributed by atoms with Gasteiger partial charge in [0.25, 0.3) is 5.91 Å². The number of alkyl halides is 6. The molecule has 1 heterocycles. The Morgan fingerprint density at radius 2 is 1.90 bits per heavy atom. The normalized spacial score (nSPS) is 19.2. The first-order valence-corrected chi connectivity index (χ1v) is 11.2. The summed E-state index contributed by atoms with van der Waals surface area (Å²) in [6.07, 6.45) is 5.58. The van der Waals surface area contributed by atoms with Crippen molar-refractivity contribution in [2.24, 2.45) is 0 Å². The van der Waals surface area contributed by atoms with Gasteiger partial charge in [-0.25, -0.2) is 0 Å². The van der Waals surface area contributed by atoms with Gasteiger partial charge in [0.15, 0.2) is 7.59 Å². The molecular weight excluding hydrogens is 521 g/mol. The molecule has 0 aromatic carbocycles. The molecule has 1 rings (SSSR count). The van der Waals surface area contributed by atoms with Crippen LogP contribution in [0.5, 0.6) is 0 Å². The van der Waals surface area contributed by atoms with Gasteiger partial charge < -0.3 is 20.1 Å². The maximum absolute atomic E-state index is 12.6. The van der Waals surface area contributed by atoms with Crippen molar-refractivity contribution in [3.8, 4) is 12.3 Å². The van der Waals surface area contributed by atoms with Gasteiger partial charge in [-0.3, -0.25) is 9.59 Å². The molecule has 0 aliphatic carbocycles. The second-order valence-electron chi connectivity index (χ2n) is 6.61. The van der Waals surface area contributed by atoms with Crippen LogP contribution in [0.25, 0.3) is 0 Å². The van der Waals surface area contributed by atoms with Crippen LogP contribution in [0.4, 0.5) is 0 Å². The number of carbonyl (C=O) groups excluding carboxylic acids is 2. The van der Waals surface area contributed by atoms with Gasteiger partial charge in [-0.15, -0.1) is 12.3 Å². The number of terminal acetylenes is 1. The lowest BCUT2D eigenvalue weighted by molar-refractivity contribution is -0.142. The summed E-state index contributed by atoms with van der Waals surface area (Å²) in [4.78, 5) is 25.9. The van der Waals surface area contributed by atoms with E-state index >= 15 is 0 Å². The molecule has 12 heteroatoms. The first-order valence-electron chi connectivity index (χ1n) is 8.91. The van der Waals surface area contributed by atoms with Crippen molar-refractivity contribution < 1.29 is 19.4 Å². The summed E-state index contributed by atoms with van der Waals surface area (Å²) < 4.78 is 2.09. The zero-order valence-corrected chi connectivity index (χ0v) is 20.6. The molecule has 170 valence electrons. The first kappa shape index (κ1) is 27.8. The highest BCUT2D eigenvalue weighted by atomic mass is 35.6. The fraction of sp³-hybridized carbons (Fsp3) is 0.667. The Morgan fingerprint density at radius 1 is 1.30 bits per heavy atom. The van der Waals surface area contributed by atoms with Crippen molar-refractivity contribution in [1.29, 1.82) is 0 Å². The quantitative estimate of drug-likeness (QED) is 0.320. The maximum atomic E-state index is 12.6. The Kier molecular flexibility index (Phi) is 11.2. The minimum atomic E-state index is -1.61. The minimum absolute atomic E-state index is 0.0141. The number of amides is 2. The van der Waals surface area contributed by atoms with Crippen molar-refractivity contribution in [3.05, 3.63) is 11.8 Å². The van der Waals surface area contributed by atoms with Crippen LogP contribution in [0.3, 0.4) is 0 Å². The predicted molar refractivity (Wildman–Crippen MR) is 121 cm³/mol. The number of halogens is 6. The van der Waals surface area contributed by atoms with Crippen molar-refractivity contribution in [3.63, 3.8) is 0 Å². The van der Waals surface area contributed by atoms with Gasteiger partial charge >= 0.3 is 0 Å². The number of nitrogens with zero attached hydrogens (tertiary/aromatic N) is 1. The van der Waals surface area contributed by atoms with Crippen molar-refractivity contribution in [1.82, 2.24) is 10.2 Å². The molecule has 30 heavy (non-hydrogen) atoms. The summed E-state index contributed by atoms with van der Waals surface area (Å²) in [5, 5.41) is 13.6. The van der Waals surface area contributed by atoms with E-state index in [0.29, 0.717) is 5.76 Å². The van der Waals surface area contributed by atoms with E-state index in [1.165, 1.54) is 13.2 Å². The van der Waals surface area contributed by atoms with Gasteiger partial charge in [0.1, 0.15) is 12.0 Å². The lowest BCUT2D eigenvalue weighted by Crippen LogP contribution is -2.55. The molecule has 2 amide bonds. The van der Waals surface area contributed by atoms with Crippen LogP contribution in [0.15, 0.2) is 11.8 Å². The molecule has 6 nitrogen and oxygen atoms in total. The summed E-state index contributed by atoms with van der Waals surface area (Å²) in [5.41, 5.74) is 0. The standard InChI is InChI=1S/C18H22Cl6N2O4/c1-3-4-5-14(27)25-11(6-8-17(19,20)21)16(29)26-12(7-9-18(22,23)24)13(30-2)10-15(26)28/h1,10-12,16,29H,4-9H2,2H3,(H,25,27). The zero-order chi connectivity index (χ0) is 23.1. The van der Waals surface area contributed by atoms with Crippen molar-refractivity contribution in [2.45, 2.75) is 64.4 Å². The van der Waals surface area contributed by atoms with Crippen LogP contribution in [0, 0.1) is 12.3 Å². The van der Waals surface area contributed by atoms with Crippen LogP contribution in [0.2, 0.25) is 0 Å². The second-order valence-corrected chi connectivity index (χ2v) is 11.6. The fourth-order valence-corrected chi connectivity index (χ4v) is 3.60. The minimum Gasteiger partial charge on any atom is -0.499 e. The van der Waals surface area contributed by atoms with Gasteiger partial charge in [0.05, 0.1) is 19.2 Å². The van der Waals surface area contributed by atoms with Crippen LogP contribution >= 0.6 is 69.6 Å². The topological polar surface area (TPSA) is 78.9 Å². The summed E-state index contributed by atoms with van der Waals surface area (Å²) in [7, 11) is 1.39. The predicted octanol–water partition coefficient (Wildman–Crippen LogP) is 4.24. The number of hydrogen-bond donors (Lipinski definition) is 2. The molecule has 1 aliphatic heterocycles. The van der Waals surface area contributed by atoms with E-state index in [0.717, 1.165) is 4.90 Å². The van der Waals surface area contributed by atoms with Crippen LogP contribution in [-0.2, 0) is 14.3 Å². The number of nitrogens with one attached hydrogen (secondary N) is 1. The molecule has 0 fully saturated rings. The molecule has 2 N–H and O–H groups in total. The Bertz CT molecular complexity index is 684. The Hall–Kier alpha value is -0.260. The third kappa shape index (κ3) is 9.48. The van der Waals surface area contributed by atoms with Gasteiger partial charge in [0.2, 0.25) is 5.91 Å². The number of carbonyl (C=O) groups is 2. The Morgan fingerprint density at radius 3 is 2.40 bits per heavy atom. The molecule has 0 saturated carbocycles. The third-order valence-electron chi connectivity index (χ3n) is 4.35. The molecule has 3 unspecified atom stereocenters. The highest BCUT2D eigenvalue weighted by Crippen LogP contribution is 2.37. The number of ether oxygens (including phenoxy) is 1. The molecule has 0 spiro atoms. The Labute approximate surface area is 206 Å². The van der Waals surface area contributed by atoms with Crippen LogP contribution in [0.1, 0.15) is 38.5 Å². The molecule has 0 radical (unpaired) electrons. The number of methoxy groups -OCH3 is 1. The maximum Gasteiger partial charge on any atom is 0.252 e. The summed E-state index contributed by atoms with van der Waals surface area (Å²) >= 11 is 35.0. The number of aliphatic hydroxyl groups is 1. The van der Waals surface area contributed by atoms with E-state index < -0.39 is 37.7 Å². The van der Waals surface area contributed by atoms with E-state index in [9.17, 15) is 14.7 Å². The highest BCUT2D eigenvalue weighted by Gasteiger charge is 2.42. The van der Waals surface area contributed by atoms with Gasteiger partial charge in [-0.1, -0.05) is 69.6 Å². The second kappa shape index (κ2) is 12.1. The number of hydrogen-bond acceptors (Lipinski definition) is 4. The lowest BCUT2D eigenvalue weighted by atomic mass is 10.1. The fourth-order valence-electron chi connectivity index (χ4n) is 2.95. The van der Waals surface area contributed by atoms with E-state index in [-0.39, 0.29) is 38.5 Å². The Balaban J connectivity index is 3.06. The van der Waals surface area contributed by atoms with E-state index in [2.05, 4.69) is 11.2 Å². The molecule has 0 aromatic rings. The van der Waals surface area contributed by atoms with E-state index in [1.54, 1.807) is 0 Å². The van der Waals surface area contributed by atoms with Gasteiger partial charge in [-0.2, -0.15) is 0 Å². The average Bonchev–Trinajstić information content (AvgIpc) is 2.95. The first-order chi connectivity index (χ1) is 13.8. The smallest absolute Gasteiger partial charge is 0.252 e. The molecular formula is C18H22Cl6N2O4. The van der Waals surface area contributed by atoms with E-state index in [4.69, 9.17) is 80.8 Å². The lowest BCUT2D eigenvalue weighted by Gasteiger charge is -2.36. The SMILES string of the molecule is C#CCCC(=O)NC(CCC(Cl)(Cl)Cl)C(O)N1C(=O)C=C(OC)C1CCC(Cl)(Cl)Cl. The largest absolute Gasteiger partial charge is 0.499 e. The average molecular weight is 543 g/mol.